The van der Waals surface area contributed by atoms with E-state index < -0.39 is 0 Å². The maximum atomic E-state index is 12.8. The molecule has 7 nitrogen and oxygen atoms in total. The van der Waals surface area contributed by atoms with Crippen LogP contribution in [0.4, 0.5) is 5.13 Å². The second kappa shape index (κ2) is 8.29. The lowest BCUT2D eigenvalue weighted by atomic mass is 10.1. The summed E-state index contributed by atoms with van der Waals surface area (Å²) >= 11 is 2.68. The maximum Gasteiger partial charge on any atom is 0.261 e. The number of carbonyl (C=O) groups excluding carboxylic acids is 1. The van der Waals surface area contributed by atoms with Crippen molar-refractivity contribution in [1.82, 2.24) is 20.2 Å². The lowest BCUT2D eigenvalue weighted by Crippen LogP contribution is -2.11. The van der Waals surface area contributed by atoms with E-state index in [0.29, 0.717) is 26.6 Å². The highest BCUT2D eigenvalue weighted by Gasteiger charge is 2.18. The molecule has 5 rings (SSSR count). The summed E-state index contributed by atoms with van der Waals surface area (Å²) in [5.41, 5.74) is 2.24. The molecule has 3 aromatic heterocycles. The van der Waals surface area contributed by atoms with Crippen LogP contribution in [-0.2, 0) is 0 Å². The van der Waals surface area contributed by atoms with Crippen molar-refractivity contribution in [3.8, 4) is 11.3 Å². The number of carbonyl (C=O) groups is 1. The molecule has 0 saturated carbocycles. The molecule has 0 spiro atoms. The van der Waals surface area contributed by atoms with Crippen LogP contribution in [-0.4, -0.2) is 26.1 Å². The fourth-order valence-electron chi connectivity index (χ4n) is 3.06. The summed E-state index contributed by atoms with van der Waals surface area (Å²) in [7, 11) is 0. The number of hydrogen-bond acceptors (Lipinski definition) is 8. The van der Waals surface area contributed by atoms with Crippen LogP contribution in [0.1, 0.15) is 16.1 Å². The Kier molecular flexibility index (Phi) is 5.19. The largest absolute Gasteiger partial charge is 0.461 e. The summed E-state index contributed by atoms with van der Waals surface area (Å²) in [6.45, 7) is 1.77. The third-order valence-corrected chi connectivity index (χ3v) is 6.45. The summed E-state index contributed by atoms with van der Waals surface area (Å²) in [5.74, 6) is 0.902. The van der Waals surface area contributed by atoms with E-state index >= 15 is 0 Å². The Balaban J connectivity index is 1.33. The molecule has 0 aliphatic rings. The molecule has 0 saturated heterocycles. The maximum absolute atomic E-state index is 12.8. The normalized spacial score (nSPS) is 11.0. The van der Waals surface area contributed by atoms with E-state index in [1.807, 2.05) is 54.6 Å². The molecule has 3 heterocycles. The summed E-state index contributed by atoms with van der Waals surface area (Å²) in [4.78, 5) is 21.4. The molecule has 2 aromatic carbocycles. The smallest absolute Gasteiger partial charge is 0.261 e. The monoisotopic (exact) mass is 445 g/mol. The highest BCUT2D eigenvalue weighted by molar-refractivity contribution is 8.01. The Morgan fingerprint density at radius 2 is 1.84 bits per heavy atom. The van der Waals surface area contributed by atoms with E-state index in [0.717, 1.165) is 21.5 Å². The predicted molar refractivity (Wildman–Crippen MR) is 120 cm³/mol. The first-order chi connectivity index (χ1) is 15.2. The van der Waals surface area contributed by atoms with E-state index in [1.165, 1.54) is 29.4 Å². The molecule has 0 aliphatic carbocycles. The molecule has 1 amide bonds. The van der Waals surface area contributed by atoms with E-state index in [9.17, 15) is 4.79 Å². The average molecular weight is 446 g/mol. The number of benzene rings is 2. The Hall–Kier alpha value is -3.56. The van der Waals surface area contributed by atoms with Gasteiger partial charge in [0.25, 0.3) is 5.91 Å². The lowest BCUT2D eigenvalue weighted by molar-refractivity contribution is 0.102. The first-order valence-corrected chi connectivity index (χ1v) is 11.0. The van der Waals surface area contributed by atoms with Crippen LogP contribution in [0.15, 0.2) is 80.8 Å². The Morgan fingerprint density at radius 1 is 1.03 bits per heavy atom. The standard InChI is InChI=1S/C22H15N5O2S2/c1-13-16(11-18(29-13)14-7-3-2-4-8-14)19(28)25-21-26-27-22(31-21)30-20-15-9-5-6-10-17(15)23-12-24-20/h2-12H,1H3,(H,25,26,28). The minimum absolute atomic E-state index is 0.288. The summed E-state index contributed by atoms with van der Waals surface area (Å²) in [6.07, 6.45) is 1.53. The lowest BCUT2D eigenvalue weighted by Gasteiger charge is -2.01. The van der Waals surface area contributed by atoms with Gasteiger partial charge in [0, 0.05) is 10.9 Å². The molecule has 0 radical (unpaired) electrons. The van der Waals surface area contributed by atoms with E-state index in [1.54, 1.807) is 13.0 Å². The summed E-state index contributed by atoms with van der Waals surface area (Å²) < 4.78 is 6.45. The van der Waals surface area contributed by atoms with Gasteiger partial charge in [0.15, 0.2) is 4.34 Å². The number of fused-ring (bicyclic) bond motifs is 1. The molecular weight excluding hydrogens is 430 g/mol. The average Bonchev–Trinajstić information content (AvgIpc) is 3.41. The number of furan rings is 1. The van der Waals surface area contributed by atoms with Crippen molar-refractivity contribution in [2.45, 2.75) is 16.3 Å². The van der Waals surface area contributed by atoms with Gasteiger partial charge >= 0.3 is 0 Å². The molecule has 0 bridgehead atoms. The summed E-state index contributed by atoms with van der Waals surface area (Å²) in [5, 5.41) is 13.2. The molecule has 0 atom stereocenters. The quantitative estimate of drug-likeness (QED) is 0.284. The van der Waals surface area contributed by atoms with Gasteiger partial charge in [0.05, 0.1) is 11.1 Å². The number of aryl methyl sites for hydroxylation is 1. The van der Waals surface area contributed by atoms with Crippen LogP contribution in [0.3, 0.4) is 0 Å². The number of nitrogens with one attached hydrogen (secondary N) is 1. The molecule has 0 fully saturated rings. The Morgan fingerprint density at radius 3 is 2.71 bits per heavy atom. The molecule has 5 aromatic rings. The number of aromatic nitrogens is 4. The van der Waals surface area contributed by atoms with Crippen LogP contribution in [0.5, 0.6) is 0 Å². The van der Waals surface area contributed by atoms with Crippen LogP contribution in [0, 0.1) is 6.92 Å². The zero-order valence-electron chi connectivity index (χ0n) is 16.3. The Labute approximate surface area is 185 Å². The number of para-hydroxylation sites is 1. The molecule has 1 N–H and O–H groups in total. The SMILES string of the molecule is Cc1oc(-c2ccccc2)cc1C(=O)Nc1nnc(Sc2ncnc3ccccc23)s1. The van der Waals surface area contributed by atoms with Gasteiger partial charge in [-0.05, 0) is 30.8 Å². The van der Waals surface area contributed by atoms with Crippen molar-refractivity contribution >= 4 is 45.0 Å². The van der Waals surface area contributed by atoms with E-state index in [-0.39, 0.29) is 5.91 Å². The van der Waals surface area contributed by atoms with Gasteiger partial charge in [-0.2, -0.15) is 0 Å². The topological polar surface area (TPSA) is 93.8 Å². The molecule has 0 unspecified atom stereocenters. The molecule has 31 heavy (non-hydrogen) atoms. The summed E-state index contributed by atoms with van der Waals surface area (Å²) in [6, 6.07) is 19.2. The highest BCUT2D eigenvalue weighted by atomic mass is 32.2. The van der Waals surface area contributed by atoms with Crippen molar-refractivity contribution in [2.75, 3.05) is 5.32 Å². The molecule has 152 valence electrons. The number of anilines is 1. The fourth-order valence-corrected chi connectivity index (χ4v) is 4.80. The van der Waals surface area contributed by atoms with Gasteiger partial charge in [0.1, 0.15) is 22.9 Å². The Bertz CT molecular complexity index is 1380. The number of hydrogen-bond donors (Lipinski definition) is 1. The third-order valence-electron chi connectivity index (χ3n) is 4.54. The highest BCUT2D eigenvalue weighted by Crippen LogP contribution is 2.34. The van der Waals surface area contributed by atoms with Gasteiger partial charge in [-0.1, -0.05) is 59.9 Å². The van der Waals surface area contributed by atoms with E-state index in [2.05, 4.69) is 25.5 Å². The number of amides is 1. The minimum atomic E-state index is -0.288. The van der Waals surface area contributed by atoms with Gasteiger partial charge in [-0.3, -0.25) is 10.1 Å². The van der Waals surface area contributed by atoms with Crippen molar-refractivity contribution in [3.05, 3.63) is 78.3 Å². The van der Waals surface area contributed by atoms with Crippen LogP contribution in [0.25, 0.3) is 22.2 Å². The van der Waals surface area contributed by atoms with Crippen LogP contribution >= 0.6 is 23.1 Å². The number of nitrogens with zero attached hydrogens (tertiary/aromatic N) is 4. The van der Waals surface area contributed by atoms with Crippen molar-refractivity contribution < 1.29 is 9.21 Å². The molecular formula is C22H15N5O2S2. The zero-order valence-corrected chi connectivity index (χ0v) is 17.9. The van der Waals surface area contributed by atoms with Crippen molar-refractivity contribution in [1.29, 1.82) is 0 Å². The van der Waals surface area contributed by atoms with Gasteiger partial charge < -0.3 is 4.42 Å². The second-order valence-corrected chi connectivity index (χ2v) is 8.79. The van der Waals surface area contributed by atoms with Crippen LogP contribution in [0.2, 0.25) is 0 Å². The van der Waals surface area contributed by atoms with Gasteiger partial charge in [-0.15, -0.1) is 10.2 Å². The second-order valence-electron chi connectivity index (χ2n) is 6.57. The third kappa shape index (κ3) is 4.05. The van der Waals surface area contributed by atoms with Crippen LogP contribution < -0.4 is 5.32 Å². The van der Waals surface area contributed by atoms with Gasteiger partial charge in [0.2, 0.25) is 5.13 Å². The van der Waals surface area contributed by atoms with Crippen molar-refractivity contribution in [3.63, 3.8) is 0 Å². The number of rotatable bonds is 5. The fraction of sp³-hybridized carbons (Fsp3) is 0.0455. The first-order valence-electron chi connectivity index (χ1n) is 9.36. The minimum Gasteiger partial charge on any atom is -0.461 e. The van der Waals surface area contributed by atoms with Crippen molar-refractivity contribution in [2.24, 2.45) is 0 Å². The molecule has 9 heteroatoms. The molecule has 0 aliphatic heterocycles. The predicted octanol–water partition coefficient (Wildman–Crippen LogP) is 5.45. The first kappa shape index (κ1) is 19.4. The zero-order chi connectivity index (χ0) is 21.2. The van der Waals surface area contributed by atoms with Gasteiger partial charge in [-0.25, -0.2) is 9.97 Å². The van der Waals surface area contributed by atoms with E-state index in [4.69, 9.17) is 4.42 Å².